The van der Waals surface area contributed by atoms with Crippen molar-refractivity contribution in [3.05, 3.63) is 45.7 Å². The molecule has 0 bridgehead atoms. The average Bonchev–Trinajstić information content (AvgIpc) is 2.77. The molecule has 0 saturated carbocycles. The molecule has 0 spiro atoms. The van der Waals surface area contributed by atoms with Gasteiger partial charge < -0.3 is 4.57 Å². The highest BCUT2D eigenvalue weighted by Gasteiger charge is 2.32. The third-order valence-electron chi connectivity index (χ3n) is 2.74. The average molecular weight is 438 g/mol. The standard InChI is InChI=1S/C13H4Cl4F4N2S/c14-8-1-7(12(18,19)20)2-9(15)11(8)23-4-6(3-22)10(5-23)24-13(16,17)21/h1-2,4-5H. The molecule has 128 valence electrons. The number of rotatable bonds is 3. The van der Waals surface area contributed by atoms with Crippen LogP contribution in [0, 0.1) is 11.3 Å². The summed E-state index contributed by atoms with van der Waals surface area (Å²) in [4.78, 5) is 0.0667. The van der Waals surface area contributed by atoms with Gasteiger partial charge in [0.05, 0.1) is 26.9 Å². The molecule has 2 nitrogen and oxygen atoms in total. The highest BCUT2D eigenvalue weighted by molar-refractivity contribution is 8.03. The minimum Gasteiger partial charge on any atom is -0.319 e. The van der Waals surface area contributed by atoms with Gasteiger partial charge in [-0.05, 0) is 23.9 Å². The highest BCUT2D eigenvalue weighted by atomic mass is 35.5. The summed E-state index contributed by atoms with van der Waals surface area (Å²) in [6.07, 6.45) is -2.16. The fourth-order valence-electron chi connectivity index (χ4n) is 1.83. The van der Waals surface area contributed by atoms with E-state index in [1.807, 2.05) is 0 Å². The van der Waals surface area contributed by atoms with Crippen LogP contribution < -0.4 is 0 Å². The molecule has 2 aromatic rings. The minimum atomic E-state index is -4.62. The molecule has 0 fully saturated rings. The Labute approximate surface area is 157 Å². The van der Waals surface area contributed by atoms with E-state index in [0.717, 1.165) is 0 Å². The third kappa shape index (κ3) is 4.44. The summed E-state index contributed by atoms with van der Waals surface area (Å²) in [5.74, 6) is 0. The molecule has 24 heavy (non-hydrogen) atoms. The third-order valence-corrected chi connectivity index (χ3v) is 4.55. The smallest absolute Gasteiger partial charge is 0.319 e. The molecule has 1 heterocycles. The molecular weight excluding hydrogens is 434 g/mol. The molecule has 0 atom stereocenters. The Bertz CT molecular complexity index is 798. The lowest BCUT2D eigenvalue weighted by atomic mass is 10.2. The number of nitriles is 1. The van der Waals surface area contributed by atoms with Crippen LogP contribution in [0.15, 0.2) is 29.4 Å². The lowest BCUT2D eigenvalue weighted by Crippen LogP contribution is -2.06. The normalized spacial score (nSPS) is 12.3. The molecule has 0 unspecified atom stereocenters. The Balaban J connectivity index is 2.56. The Morgan fingerprint density at radius 2 is 1.58 bits per heavy atom. The van der Waals surface area contributed by atoms with Gasteiger partial charge in [-0.2, -0.15) is 22.8 Å². The first-order valence-corrected chi connectivity index (χ1v) is 8.19. The molecule has 0 amide bonds. The van der Waals surface area contributed by atoms with Crippen LogP contribution in [0.3, 0.4) is 0 Å². The van der Waals surface area contributed by atoms with Crippen LogP contribution in [-0.4, -0.2) is 8.49 Å². The van der Waals surface area contributed by atoms with Crippen LogP contribution in [-0.2, 0) is 6.18 Å². The van der Waals surface area contributed by atoms with Gasteiger partial charge in [0.15, 0.2) is 0 Å². The Kier molecular flexibility index (Phi) is 5.58. The summed E-state index contributed by atoms with van der Waals surface area (Å²) < 4.78 is 50.1. The molecule has 0 N–H and O–H groups in total. The van der Waals surface area contributed by atoms with E-state index in [1.165, 1.54) is 17.0 Å². The molecule has 0 radical (unpaired) electrons. The first-order chi connectivity index (χ1) is 10.9. The van der Waals surface area contributed by atoms with Crippen molar-refractivity contribution in [3.63, 3.8) is 0 Å². The van der Waals surface area contributed by atoms with Gasteiger partial charge in [-0.25, -0.2) is 0 Å². The van der Waals surface area contributed by atoms with Gasteiger partial charge >= 0.3 is 10.1 Å². The zero-order chi connectivity index (χ0) is 18.3. The second-order valence-corrected chi connectivity index (χ2v) is 8.09. The van der Waals surface area contributed by atoms with Crippen LogP contribution in [0.5, 0.6) is 0 Å². The topological polar surface area (TPSA) is 28.7 Å². The molecule has 11 heteroatoms. The monoisotopic (exact) mass is 436 g/mol. The Hall–Kier alpha value is -0.780. The summed E-state index contributed by atoms with van der Waals surface area (Å²) in [5.41, 5.74) is -1.02. The van der Waals surface area contributed by atoms with Crippen molar-refractivity contribution in [2.24, 2.45) is 0 Å². The van der Waals surface area contributed by atoms with Crippen LogP contribution in [0.25, 0.3) is 5.69 Å². The maximum Gasteiger partial charge on any atom is 0.416 e. The number of hydrogen-bond donors (Lipinski definition) is 0. The summed E-state index contributed by atoms with van der Waals surface area (Å²) in [6.45, 7) is 0. The second kappa shape index (κ2) is 6.85. The molecule has 0 aliphatic heterocycles. The summed E-state index contributed by atoms with van der Waals surface area (Å²) in [7, 11) is 0. The van der Waals surface area contributed by atoms with Gasteiger partial charge in [-0.1, -0.05) is 46.4 Å². The van der Waals surface area contributed by atoms with E-state index in [2.05, 4.69) is 0 Å². The Morgan fingerprint density at radius 1 is 1.04 bits per heavy atom. The van der Waals surface area contributed by atoms with Crippen LogP contribution in [0.1, 0.15) is 11.1 Å². The maximum atomic E-state index is 13.3. The summed E-state index contributed by atoms with van der Waals surface area (Å²) >= 11 is 22.6. The van der Waals surface area contributed by atoms with Crippen molar-refractivity contribution < 1.29 is 17.6 Å². The van der Waals surface area contributed by atoms with Crippen LogP contribution in [0.2, 0.25) is 10.0 Å². The van der Waals surface area contributed by atoms with Crippen LogP contribution in [0.4, 0.5) is 17.6 Å². The SMILES string of the molecule is N#Cc1cn(-c2c(Cl)cc(C(F)(F)F)cc2Cl)cc1SC(F)(Cl)Cl. The van der Waals surface area contributed by atoms with Gasteiger partial charge in [0.2, 0.25) is 0 Å². The van der Waals surface area contributed by atoms with Crippen molar-refractivity contribution >= 4 is 58.2 Å². The van der Waals surface area contributed by atoms with Gasteiger partial charge in [0.25, 0.3) is 0 Å². The fourth-order valence-corrected chi connectivity index (χ4v) is 3.64. The van der Waals surface area contributed by atoms with E-state index in [-0.39, 0.29) is 26.2 Å². The fraction of sp³-hybridized carbons (Fsp3) is 0.154. The molecule has 0 saturated heterocycles. The van der Waals surface area contributed by atoms with Crippen molar-refractivity contribution in [2.75, 3.05) is 0 Å². The van der Waals surface area contributed by atoms with E-state index in [1.54, 1.807) is 6.07 Å². The number of aromatic nitrogens is 1. The summed E-state index contributed by atoms with van der Waals surface area (Å²) in [5, 5.41) is 8.47. The number of benzene rings is 1. The second-order valence-electron chi connectivity index (χ2n) is 4.39. The van der Waals surface area contributed by atoms with Gasteiger partial charge in [0.1, 0.15) is 6.07 Å². The predicted molar refractivity (Wildman–Crippen MR) is 86.9 cm³/mol. The van der Waals surface area contributed by atoms with Crippen LogP contribution >= 0.6 is 58.2 Å². The first kappa shape index (κ1) is 19.5. The molecular formula is C13H4Cl4F4N2S. The quantitative estimate of drug-likeness (QED) is 0.299. The zero-order valence-electron chi connectivity index (χ0n) is 11.1. The van der Waals surface area contributed by atoms with Crippen molar-refractivity contribution in [1.82, 2.24) is 4.57 Å². The van der Waals surface area contributed by atoms with E-state index < -0.39 is 15.7 Å². The number of alkyl halides is 6. The van der Waals surface area contributed by atoms with Gasteiger partial charge in [-0.15, -0.1) is 0 Å². The highest BCUT2D eigenvalue weighted by Crippen LogP contribution is 2.44. The van der Waals surface area contributed by atoms with Crippen molar-refractivity contribution in [3.8, 4) is 11.8 Å². The predicted octanol–water partition coefficient (Wildman–Crippen LogP) is 6.83. The first-order valence-electron chi connectivity index (χ1n) is 5.87. The van der Waals surface area contributed by atoms with E-state index >= 15 is 0 Å². The van der Waals surface area contributed by atoms with Crippen molar-refractivity contribution in [1.29, 1.82) is 5.26 Å². The number of halogens is 8. The zero-order valence-corrected chi connectivity index (χ0v) is 15.0. The lowest BCUT2D eigenvalue weighted by Gasteiger charge is -2.13. The summed E-state index contributed by atoms with van der Waals surface area (Å²) in [6, 6.07) is 3.19. The van der Waals surface area contributed by atoms with Crippen molar-refractivity contribution in [2.45, 2.75) is 15.0 Å². The molecule has 1 aromatic carbocycles. The minimum absolute atomic E-state index is 0.00304. The number of nitrogens with zero attached hydrogens (tertiary/aromatic N) is 2. The molecule has 0 aliphatic carbocycles. The molecule has 1 aromatic heterocycles. The number of hydrogen-bond acceptors (Lipinski definition) is 2. The van der Waals surface area contributed by atoms with Gasteiger partial charge in [-0.3, -0.25) is 0 Å². The largest absolute Gasteiger partial charge is 0.416 e. The lowest BCUT2D eigenvalue weighted by molar-refractivity contribution is -0.137. The van der Waals surface area contributed by atoms with Gasteiger partial charge in [0, 0.05) is 17.3 Å². The van der Waals surface area contributed by atoms with E-state index in [0.29, 0.717) is 23.9 Å². The molecule has 2 rings (SSSR count). The number of thioether (sulfide) groups is 1. The van der Waals surface area contributed by atoms with E-state index in [4.69, 9.17) is 51.7 Å². The maximum absolute atomic E-state index is 13.3. The Morgan fingerprint density at radius 3 is 2.00 bits per heavy atom. The van der Waals surface area contributed by atoms with E-state index in [9.17, 15) is 17.6 Å². The molecule has 0 aliphatic rings.